The molecule has 4 aromatic rings. The number of rotatable bonds is 7. The lowest BCUT2D eigenvalue weighted by molar-refractivity contribution is 0.0527. The SMILES string of the molecule is CCOC(=O)c1c(CSc2ccc(F)cc2C)n(Cc2ccc(F)cc2)c2cc(Br)c(O)cc12. The molecule has 3 aromatic carbocycles. The molecule has 1 aromatic heterocycles. The molecule has 0 atom stereocenters. The zero-order chi connectivity index (χ0) is 24.4. The minimum Gasteiger partial charge on any atom is -0.507 e. The van der Waals surface area contributed by atoms with Crippen LogP contribution in [0.3, 0.4) is 0 Å². The third-order valence-electron chi connectivity index (χ3n) is 5.47. The number of phenolic OH excluding ortho intramolecular Hbond substituents is 1. The van der Waals surface area contributed by atoms with Gasteiger partial charge in [0.1, 0.15) is 17.4 Å². The summed E-state index contributed by atoms with van der Waals surface area (Å²) in [5.41, 5.74) is 3.44. The van der Waals surface area contributed by atoms with Gasteiger partial charge in [-0.1, -0.05) is 12.1 Å². The molecule has 0 fully saturated rings. The summed E-state index contributed by atoms with van der Waals surface area (Å²) >= 11 is 4.85. The lowest BCUT2D eigenvalue weighted by Crippen LogP contribution is -2.10. The summed E-state index contributed by atoms with van der Waals surface area (Å²) < 4.78 is 34.9. The van der Waals surface area contributed by atoms with E-state index in [1.54, 1.807) is 37.3 Å². The lowest BCUT2D eigenvalue weighted by atomic mass is 10.1. The maximum Gasteiger partial charge on any atom is 0.340 e. The van der Waals surface area contributed by atoms with Crippen LogP contribution in [0.2, 0.25) is 0 Å². The Morgan fingerprint density at radius 1 is 1.09 bits per heavy atom. The fourth-order valence-electron chi connectivity index (χ4n) is 3.87. The molecular weight excluding hydrogens is 524 g/mol. The zero-order valence-corrected chi connectivity index (χ0v) is 21.0. The number of esters is 1. The molecule has 0 unspecified atom stereocenters. The summed E-state index contributed by atoms with van der Waals surface area (Å²) in [6.45, 7) is 4.15. The predicted molar refractivity (Wildman–Crippen MR) is 133 cm³/mol. The van der Waals surface area contributed by atoms with Gasteiger partial charge in [0.15, 0.2) is 0 Å². The molecule has 0 amide bonds. The Morgan fingerprint density at radius 2 is 1.79 bits per heavy atom. The van der Waals surface area contributed by atoms with E-state index in [1.807, 2.05) is 11.5 Å². The standard InChI is InChI=1S/C26H22BrF2NO3S/c1-3-33-26(32)25-19-11-23(31)20(27)12-21(19)30(13-16-4-6-17(28)7-5-16)22(25)14-34-24-9-8-18(29)10-15(24)2/h4-12,31H,3,13-14H2,1-2H3. The minimum absolute atomic E-state index is 0.00515. The molecule has 34 heavy (non-hydrogen) atoms. The van der Waals surface area contributed by atoms with Crippen molar-refractivity contribution in [3.63, 3.8) is 0 Å². The van der Waals surface area contributed by atoms with E-state index in [9.17, 15) is 18.7 Å². The number of aromatic hydroxyl groups is 1. The number of thioether (sulfide) groups is 1. The molecule has 0 bridgehead atoms. The largest absolute Gasteiger partial charge is 0.507 e. The van der Waals surface area contributed by atoms with Crippen molar-refractivity contribution in [2.45, 2.75) is 31.0 Å². The van der Waals surface area contributed by atoms with Crippen LogP contribution in [0.15, 0.2) is 64.0 Å². The summed E-state index contributed by atoms with van der Waals surface area (Å²) in [5.74, 6) is -0.720. The molecule has 8 heteroatoms. The van der Waals surface area contributed by atoms with Crippen LogP contribution in [0.1, 0.15) is 34.1 Å². The van der Waals surface area contributed by atoms with Crippen LogP contribution in [0.5, 0.6) is 5.75 Å². The molecule has 1 N–H and O–H groups in total. The van der Waals surface area contributed by atoms with Crippen molar-refractivity contribution in [2.75, 3.05) is 6.61 Å². The van der Waals surface area contributed by atoms with Gasteiger partial charge in [-0.15, -0.1) is 11.8 Å². The van der Waals surface area contributed by atoms with Gasteiger partial charge in [0.25, 0.3) is 0 Å². The molecule has 0 aliphatic carbocycles. The quantitative estimate of drug-likeness (QED) is 0.197. The molecule has 0 saturated heterocycles. The van der Waals surface area contributed by atoms with Gasteiger partial charge in [0.05, 0.1) is 22.2 Å². The average Bonchev–Trinajstić information content (AvgIpc) is 3.07. The number of benzene rings is 3. The summed E-state index contributed by atoms with van der Waals surface area (Å²) in [7, 11) is 0. The van der Waals surface area contributed by atoms with Gasteiger partial charge in [0.2, 0.25) is 0 Å². The normalized spacial score (nSPS) is 11.2. The van der Waals surface area contributed by atoms with Crippen LogP contribution >= 0.6 is 27.7 Å². The van der Waals surface area contributed by atoms with E-state index in [2.05, 4.69) is 15.9 Å². The zero-order valence-electron chi connectivity index (χ0n) is 18.6. The van der Waals surface area contributed by atoms with Crippen LogP contribution in [-0.4, -0.2) is 22.2 Å². The Labute approximate surface area is 208 Å². The summed E-state index contributed by atoms with van der Waals surface area (Å²) in [6, 6.07) is 14.1. The smallest absolute Gasteiger partial charge is 0.340 e. The summed E-state index contributed by atoms with van der Waals surface area (Å²) in [5, 5.41) is 10.9. The molecule has 176 valence electrons. The molecule has 0 saturated carbocycles. The highest BCUT2D eigenvalue weighted by molar-refractivity contribution is 9.10. The van der Waals surface area contributed by atoms with Crippen molar-refractivity contribution < 1.29 is 23.4 Å². The van der Waals surface area contributed by atoms with Crippen molar-refractivity contribution in [3.05, 3.63) is 93.1 Å². The van der Waals surface area contributed by atoms with E-state index in [-0.39, 0.29) is 24.0 Å². The second-order valence-electron chi connectivity index (χ2n) is 7.77. The van der Waals surface area contributed by atoms with Gasteiger partial charge in [-0.05, 0) is 83.4 Å². The number of phenols is 1. The Hall–Kier alpha value is -2.84. The Morgan fingerprint density at radius 3 is 2.47 bits per heavy atom. The number of ether oxygens (including phenoxy) is 1. The first kappa shape index (κ1) is 24.3. The van der Waals surface area contributed by atoms with Crippen LogP contribution in [0, 0.1) is 18.6 Å². The molecule has 0 aliphatic rings. The van der Waals surface area contributed by atoms with Crippen LogP contribution in [0.25, 0.3) is 10.9 Å². The predicted octanol–water partition coefficient (Wildman–Crippen LogP) is 7.21. The lowest BCUT2D eigenvalue weighted by Gasteiger charge is -2.13. The second-order valence-corrected chi connectivity index (χ2v) is 9.65. The highest BCUT2D eigenvalue weighted by Crippen LogP contribution is 2.38. The second kappa shape index (κ2) is 10.2. The van der Waals surface area contributed by atoms with Crippen molar-refractivity contribution >= 4 is 44.6 Å². The number of fused-ring (bicyclic) bond motifs is 1. The monoisotopic (exact) mass is 545 g/mol. The van der Waals surface area contributed by atoms with Crippen molar-refractivity contribution in [1.29, 1.82) is 0 Å². The van der Waals surface area contributed by atoms with Gasteiger partial charge in [-0.2, -0.15) is 0 Å². The third kappa shape index (κ3) is 4.98. The van der Waals surface area contributed by atoms with E-state index in [1.165, 1.54) is 36.0 Å². The number of halogens is 3. The molecule has 4 rings (SSSR count). The van der Waals surface area contributed by atoms with Crippen molar-refractivity contribution in [3.8, 4) is 5.75 Å². The molecule has 0 spiro atoms. The Bertz CT molecular complexity index is 1370. The number of hydrogen-bond acceptors (Lipinski definition) is 4. The Balaban J connectivity index is 1.88. The van der Waals surface area contributed by atoms with Gasteiger partial charge < -0.3 is 14.4 Å². The molecule has 0 radical (unpaired) electrons. The first-order valence-corrected chi connectivity index (χ1v) is 12.4. The van der Waals surface area contributed by atoms with Crippen molar-refractivity contribution in [1.82, 2.24) is 4.57 Å². The number of carbonyl (C=O) groups excluding carboxylic acids is 1. The van der Waals surface area contributed by atoms with E-state index < -0.39 is 5.97 Å². The van der Waals surface area contributed by atoms with E-state index in [0.717, 1.165) is 21.5 Å². The van der Waals surface area contributed by atoms with E-state index in [0.29, 0.717) is 33.4 Å². The Kier molecular flexibility index (Phi) is 7.28. The first-order valence-electron chi connectivity index (χ1n) is 10.6. The highest BCUT2D eigenvalue weighted by atomic mass is 79.9. The fourth-order valence-corrected chi connectivity index (χ4v) is 5.24. The number of nitrogens with zero attached hydrogens (tertiary/aromatic N) is 1. The third-order valence-corrected chi connectivity index (χ3v) is 7.30. The van der Waals surface area contributed by atoms with Crippen LogP contribution in [0.4, 0.5) is 8.78 Å². The number of hydrogen-bond donors (Lipinski definition) is 1. The molecule has 4 nitrogen and oxygen atoms in total. The maximum absolute atomic E-state index is 13.6. The first-order chi connectivity index (χ1) is 16.3. The van der Waals surface area contributed by atoms with Gasteiger partial charge >= 0.3 is 5.97 Å². The minimum atomic E-state index is -0.487. The van der Waals surface area contributed by atoms with Crippen molar-refractivity contribution in [2.24, 2.45) is 0 Å². The number of carbonyl (C=O) groups is 1. The fraction of sp³-hybridized carbons (Fsp3) is 0.192. The number of aromatic nitrogens is 1. The van der Waals surface area contributed by atoms with E-state index in [4.69, 9.17) is 4.74 Å². The van der Waals surface area contributed by atoms with Crippen LogP contribution in [-0.2, 0) is 17.0 Å². The molecule has 1 heterocycles. The topological polar surface area (TPSA) is 51.5 Å². The van der Waals surface area contributed by atoms with Crippen LogP contribution < -0.4 is 0 Å². The molecular formula is C26H22BrF2NO3S. The highest BCUT2D eigenvalue weighted by Gasteiger charge is 2.25. The molecule has 0 aliphatic heterocycles. The van der Waals surface area contributed by atoms with Gasteiger partial charge in [-0.3, -0.25) is 0 Å². The summed E-state index contributed by atoms with van der Waals surface area (Å²) in [4.78, 5) is 14.0. The summed E-state index contributed by atoms with van der Waals surface area (Å²) in [6.07, 6.45) is 0. The van der Waals surface area contributed by atoms with E-state index >= 15 is 0 Å². The average molecular weight is 546 g/mol. The maximum atomic E-state index is 13.6. The van der Waals surface area contributed by atoms with Gasteiger partial charge in [-0.25, -0.2) is 13.6 Å². The number of aryl methyl sites for hydroxylation is 1. The van der Waals surface area contributed by atoms with Gasteiger partial charge in [0, 0.05) is 28.3 Å².